The van der Waals surface area contributed by atoms with Crippen molar-refractivity contribution in [3.05, 3.63) is 47.0 Å². The molecule has 2 heterocycles. The zero-order valence-electron chi connectivity index (χ0n) is 13.7. The highest BCUT2D eigenvalue weighted by Gasteiger charge is 2.26. The van der Waals surface area contributed by atoms with Gasteiger partial charge in [0.05, 0.1) is 6.04 Å². The van der Waals surface area contributed by atoms with E-state index in [1.165, 1.54) is 0 Å². The predicted octanol–water partition coefficient (Wildman–Crippen LogP) is 2.16. The number of piperazine rings is 1. The molecule has 1 fully saturated rings. The summed E-state index contributed by atoms with van der Waals surface area (Å²) in [6.07, 6.45) is 4.25. The zero-order valence-corrected chi connectivity index (χ0v) is 15.3. The van der Waals surface area contributed by atoms with Gasteiger partial charge in [0.1, 0.15) is 5.82 Å². The Balaban J connectivity index is 1.56. The molecular formula is C17H22BrN5O. The number of aromatic nitrogens is 2. The first kappa shape index (κ1) is 17.1. The number of imidazole rings is 1. The molecule has 2 N–H and O–H groups in total. The van der Waals surface area contributed by atoms with Crippen LogP contribution in [0.25, 0.3) is 0 Å². The highest BCUT2D eigenvalue weighted by molar-refractivity contribution is 9.10. The van der Waals surface area contributed by atoms with Crippen molar-refractivity contribution in [2.45, 2.75) is 12.5 Å². The van der Waals surface area contributed by atoms with Gasteiger partial charge in [-0.15, -0.1) is 0 Å². The third-order valence-electron chi connectivity index (χ3n) is 4.26. The van der Waals surface area contributed by atoms with Crippen LogP contribution < -0.4 is 10.6 Å². The summed E-state index contributed by atoms with van der Waals surface area (Å²) >= 11 is 3.39. The topological polar surface area (TPSA) is 62.2 Å². The first-order valence-corrected chi connectivity index (χ1v) is 8.90. The number of anilines is 1. The van der Waals surface area contributed by atoms with E-state index in [4.69, 9.17) is 0 Å². The van der Waals surface area contributed by atoms with E-state index in [-0.39, 0.29) is 11.9 Å². The van der Waals surface area contributed by atoms with Crippen molar-refractivity contribution >= 4 is 27.5 Å². The molecule has 3 rings (SSSR count). The first-order chi connectivity index (χ1) is 11.6. The molecule has 7 heteroatoms. The number of hydrogen-bond acceptors (Lipinski definition) is 4. The van der Waals surface area contributed by atoms with Crippen LogP contribution in [-0.2, 0) is 11.8 Å². The van der Waals surface area contributed by atoms with Gasteiger partial charge in [-0.2, -0.15) is 0 Å². The summed E-state index contributed by atoms with van der Waals surface area (Å²) in [4.78, 5) is 19.0. The van der Waals surface area contributed by atoms with Crippen LogP contribution in [0.4, 0.5) is 5.69 Å². The predicted molar refractivity (Wildman–Crippen MR) is 97.8 cm³/mol. The molecule has 1 amide bonds. The number of carbonyl (C=O) groups excluding carboxylic acids is 1. The van der Waals surface area contributed by atoms with Gasteiger partial charge in [-0.05, 0) is 24.3 Å². The van der Waals surface area contributed by atoms with Crippen LogP contribution >= 0.6 is 15.9 Å². The molecule has 0 spiro atoms. The molecule has 1 saturated heterocycles. The Hall–Kier alpha value is -1.70. The zero-order chi connectivity index (χ0) is 16.9. The molecule has 1 aliphatic rings. The van der Waals surface area contributed by atoms with E-state index >= 15 is 0 Å². The van der Waals surface area contributed by atoms with Gasteiger partial charge in [-0.3, -0.25) is 9.69 Å². The van der Waals surface area contributed by atoms with Crippen molar-refractivity contribution in [1.82, 2.24) is 19.8 Å². The molecule has 6 nitrogen and oxygen atoms in total. The first-order valence-electron chi connectivity index (χ1n) is 8.11. The maximum atomic E-state index is 12.2. The summed E-state index contributed by atoms with van der Waals surface area (Å²) in [6.45, 7) is 3.44. The quantitative estimate of drug-likeness (QED) is 0.819. The van der Waals surface area contributed by atoms with E-state index < -0.39 is 0 Å². The molecule has 1 aliphatic heterocycles. The van der Waals surface area contributed by atoms with Crippen LogP contribution in [-0.4, -0.2) is 46.5 Å². The summed E-state index contributed by atoms with van der Waals surface area (Å²) < 4.78 is 3.05. The fourth-order valence-electron chi connectivity index (χ4n) is 2.97. The Bertz CT molecular complexity index is 685. The lowest BCUT2D eigenvalue weighted by atomic mass is 10.1. The van der Waals surface area contributed by atoms with Crippen molar-refractivity contribution in [3.8, 4) is 0 Å². The fraction of sp³-hybridized carbons (Fsp3) is 0.412. The van der Waals surface area contributed by atoms with Gasteiger partial charge in [-0.1, -0.05) is 15.9 Å². The van der Waals surface area contributed by atoms with Crippen LogP contribution in [0.5, 0.6) is 0 Å². The van der Waals surface area contributed by atoms with Crippen molar-refractivity contribution in [2.75, 3.05) is 31.5 Å². The summed E-state index contributed by atoms with van der Waals surface area (Å²) in [5.41, 5.74) is 0.823. The lowest BCUT2D eigenvalue weighted by Gasteiger charge is -2.35. The number of benzene rings is 1. The third-order valence-corrected chi connectivity index (χ3v) is 4.79. The minimum atomic E-state index is 0.0365. The lowest BCUT2D eigenvalue weighted by Crippen LogP contribution is -2.47. The average molecular weight is 392 g/mol. The van der Waals surface area contributed by atoms with Crippen molar-refractivity contribution in [1.29, 1.82) is 0 Å². The molecular weight excluding hydrogens is 370 g/mol. The van der Waals surface area contributed by atoms with E-state index in [0.29, 0.717) is 6.42 Å². The number of nitrogens with zero attached hydrogens (tertiary/aromatic N) is 3. The SMILES string of the molecule is Cn1ccnc1C1CNCCN1CCC(=O)Nc1ccc(Br)cc1. The average Bonchev–Trinajstić information content (AvgIpc) is 3.01. The minimum absolute atomic E-state index is 0.0365. The van der Waals surface area contributed by atoms with Crippen LogP contribution in [0.2, 0.25) is 0 Å². The molecule has 1 atom stereocenters. The smallest absolute Gasteiger partial charge is 0.225 e. The summed E-state index contributed by atoms with van der Waals surface area (Å²) in [6, 6.07) is 7.83. The third kappa shape index (κ3) is 4.23. The van der Waals surface area contributed by atoms with Gasteiger partial charge in [0.15, 0.2) is 0 Å². The molecule has 24 heavy (non-hydrogen) atoms. The van der Waals surface area contributed by atoms with E-state index in [1.54, 1.807) is 0 Å². The molecule has 1 unspecified atom stereocenters. The Kier molecular flexibility index (Phi) is 5.65. The van der Waals surface area contributed by atoms with Crippen molar-refractivity contribution < 1.29 is 4.79 Å². The van der Waals surface area contributed by atoms with Crippen LogP contribution in [0.15, 0.2) is 41.1 Å². The van der Waals surface area contributed by atoms with Gasteiger partial charge in [0.2, 0.25) is 5.91 Å². The maximum Gasteiger partial charge on any atom is 0.225 e. The largest absolute Gasteiger partial charge is 0.337 e. The second-order valence-corrected chi connectivity index (χ2v) is 6.87. The van der Waals surface area contributed by atoms with Crippen LogP contribution in [0, 0.1) is 0 Å². The number of carbonyl (C=O) groups is 1. The molecule has 128 valence electrons. The van der Waals surface area contributed by atoms with Gasteiger partial charge in [-0.25, -0.2) is 4.98 Å². The van der Waals surface area contributed by atoms with Gasteiger partial charge < -0.3 is 15.2 Å². The molecule has 0 saturated carbocycles. The van der Waals surface area contributed by atoms with Crippen LogP contribution in [0.3, 0.4) is 0 Å². The molecule has 2 aromatic rings. The van der Waals surface area contributed by atoms with E-state index in [1.807, 2.05) is 48.3 Å². The van der Waals surface area contributed by atoms with Gasteiger partial charge >= 0.3 is 0 Å². The van der Waals surface area contributed by atoms with Gasteiger partial charge in [0, 0.05) is 62.2 Å². The standard InChI is InChI=1S/C17H22BrN5O/c1-22-10-8-20-17(22)15-12-19-7-11-23(15)9-6-16(24)21-14-4-2-13(18)3-5-14/h2-5,8,10,15,19H,6-7,9,11-12H2,1H3,(H,21,24). The Morgan fingerprint density at radius 3 is 2.92 bits per heavy atom. The summed E-state index contributed by atoms with van der Waals surface area (Å²) in [5, 5.41) is 6.36. The summed E-state index contributed by atoms with van der Waals surface area (Å²) in [5.74, 6) is 1.07. The highest BCUT2D eigenvalue weighted by atomic mass is 79.9. The fourth-order valence-corrected chi connectivity index (χ4v) is 3.23. The Morgan fingerprint density at radius 2 is 2.21 bits per heavy atom. The number of rotatable bonds is 5. The number of aryl methyl sites for hydroxylation is 1. The van der Waals surface area contributed by atoms with Crippen LogP contribution in [0.1, 0.15) is 18.3 Å². The summed E-state index contributed by atoms with van der Waals surface area (Å²) in [7, 11) is 2.01. The number of amides is 1. The lowest BCUT2D eigenvalue weighted by molar-refractivity contribution is -0.116. The van der Waals surface area contributed by atoms with E-state index in [9.17, 15) is 4.79 Å². The second kappa shape index (κ2) is 7.92. The second-order valence-electron chi connectivity index (χ2n) is 5.96. The maximum absolute atomic E-state index is 12.2. The minimum Gasteiger partial charge on any atom is -0.337 e. The molecule has 1 aromatic heterocycles. The normalized spacial score (nSPS) is 18.5. The van der Waals surface area contributed by atoms with Gasteiger partial charge in [0.25, 0.3) is 0 Å². The molecule has 0 bridgehead atoms. The Labute approximate surface area is 150 Å². The highest BCUT2D eigenvalue weighted by Crippen LogP contribution is 2.20. The van der Waals surface area contributed by atoms with Crippen molar-refractivity contribution in [2.24, 2.45) is 7.05 Å². The van der Waals surface area contributed by atoms with E-state index in [2.05, 4.69) is 36.4 Å². The molecule has 0 aliphatic carbocycles. The molecule has 0 radical (unpaired) electrons. The number of halogens is 1. The molecule has 1 aromatic carbocycles. The Morgan fingerprint density at radius 1 is 1.42 bits per heavy atom. The van der Waals surface area contributed by atoms with E-state index in [0.717, 1.165) is 42.2 Å². The monoisotopic (exact) mass is 391 g/mol. The number of nitrogens with one attached hydrogen (secondary N) is 2. The number of hydrogen-bond donors (Lipinski definition) is 2. The van der Waals surface area contributed by atoms with Crippen molar-refractivity contribution in [3.63, 3.8) is 0 Å².